The Morgan fingerprint density at radius 3 is 1.00 bits per heavy atom. The molecule has 8 heteroatoms. The van der Waals surface area contributed by atoms with Crippen LogP contribution in [0.3, 0.4) is 0 Å². The van der Waals surface area contributed by atoms with Gasteiger partial charge in [-0.1, -0.05) is 110 Å². The lowest BCUT2D eigenvalue weighted by Crippen LogP contribution is -2.58. The lowest BCUT2D eigenvalue weighted by atomic mass is 10.0. The summed E-state index contributed by atoms with van der Waals surface area (Å²) in [6.45, 7) is 20.7. The van der Waals surface area contributed by atoms with Gasteiger partial charge in [-0.05, 0) is 76.6 Å². The van der Waals surface area contributed by atoms with Crippen molar-refractivity contribution in [2.75, 3.05) is 5.75 Å². The van der Waals surface area contributed by atoms with Gasteiger partial charge < -0.3 is 12.3 Å². The maximum absolute atomic E-state index is 7.07. The molecule has 0 aliphatic heterocycles. The maximum Gasteiger partial charge on any atom is 0.315 e. The molecule has 0 fully saturated rings. The Bertz CT molecular complexity index is 542. The molecule has 0 saturated carbocycles. The van der Waals surface area contributed by atoms with Crippen molar-refractivity contribution in [2.24, 2.45) is 0 Å². The zero-order valence-electron chi connectivity index (χ0n) is 26.8. The molecule has 224 valence electrons. The fourth-order valence-corrected chi connectivity index (χ4v) is 24.3. The van der Waals surface area contributed by atoms with Gasteiger partial charge in [-0.2, -0.15) is 12.6 Å². The Kier molecular flexibility index (Phi) is 21.5. The Morgan fingerprint density at radius 1 is 0.405 bits per heavy atom. The molecule has 0 amide bonds. The summed E-state index contributed by atoms with van der Waals surface area (Å²) < 4.78 is 20.7. The van der Waals surface area contributed by atoms with E-state index >= 15 is 0 Å². The molecule has 0 aliphatic rings. The summed E-state index contributed by atoms with van der Waals surface area (Å²) in [6.07, 6.45) is 23.6. The largest absolute Gasteiger partial charge is 0.437 e. The minimum Gasteiger partial charge on any atom is -0.437 e. The van der Waals surface area contributed by atoms with Gasteiger partial charge in [0.15, 0.2) is 16.6 Å². The second kappa shape index (κ2) is 20.9. The zero-order chi connectivity index (χ0) is 28.3. The van der Waals surface area contributed by atoms with E-state index in [1.54, 1.807) is 0 Å². The molecule has 0 aromatic carbocycles. The highest BCUT2D eigenvalue weighted by Crippen LogP contribution is 2.31. The smallest absolute Gasteiger partial charge is 0.315 e. The summed E-state index contributed by atoms with van der Waals surface area (Å²) in [7, 11) is -7.94. The minimum atomic E-state index is -2.28. The Morgan fingerprint density at radius 2 is 0.703 bits per heavy atom. The molecule has 0 bridgehead atoms. The number of unbranched alkanes of at least 4 members (excludes halogenated alkanes) is 15. The van der Waals surface area contributed by atoms with E-state index in [0.717, 1.165) is 24.3 Å². The van der Waals surface area contributed by atoms with Crippen molar-refractivity contribution in [3.63, 3.8) is 0 Å². The van der Waals surface area contributed by atoms with Gasteiger partial charge in [-0.3, -0.25) is 0 Å². The average molecular weight is 609 g/mol. The highest BCUT2D eigenvalue weighted by molar-refractivity contribution is 7.80. The van der Waals surface area contributed by atoms with Crippen LogP contribution in [0.5, 0.6) is 0 Å². The molecule has 0 aromatic rings. The maximum atomic E-state index is 7.07. The van der Waals surface area contributed by atoms with Gasteiger partial charge in [0, 0.05) is 0 Å². The molecule has 0 rings (SSSR count). The summed E-state index contributed by atoms with van der Waals surface area (Å²) in [4.78, 5) is 0. The second-order valence-electron chi connectivity index (χ2n) is 13.7. The fourth-order valence-electron chi connectivity index (χ4n) is 5.39. The topological polar surface area (TPSA) is 27.7 Å². The van der Waals surface area contributed by atoms with Crippen molar-refractivity contribution in [3.8, 4) is 0 Å². The summed E-state index contributed by atoms with van der Waals surface area (Å²) in [5, 5.41) is 0. The third-order valence-corrected chi connectivity index (χ3v) is 21.4. The standard InChI is InChI=1S/C29H68O3SSi4/c1-10-11-12-13-14-15-16-17-18-19-20-21-22-23-24-25-28-36(8,30-34(2,3)4)32-37(9,29-26-27-33)31-35(5,6)7/h33H,10-29H2,1-9H3. The Hall–Kier alpha value is 1.10. The number of rotatable bonds is 26. The number of hydrogen-bond donors (Lipinski definition) is 1. The zero-order valence-corrected chi connectivity index (χ0v) is 31.7. The van der Waals surface area contributed by atoms with Crippen molar-refractivity contribution < 1.29 is 12.3 Å². The lowest BCUT2D eigenvalue weighted by Gasteiger charge is -2.43. The fraction of sp³-hybridized carbons (Fsp3) is 1.00. The van der Waals surface area contributed by atoms with Crippen LogP contribution in [0, 0.1) is 0 Å². The van der Waals surface area contributed by atoms with E-state index in [2.05, 4.69) is 71.9 Å². The van der Waals surface area contributed by atoms with Gasteiger partial charge in [-0.25, -0.2) is 0 Å². The quantitative estimate of drug-likeness (QED) is 0.0601. The third kappa shape index (κ3) is 24.6. The van der Waals surface area contributed by atoms with Crippen molar-refractivity contribution in [1.82, 2.24) is 0 Å². The molecule has 0 radical (unpaired) electrons. The molecular weight excluding hydrogens is 541 g/mol. The van der Waals surface area contributed by atoms with Gasteiger partial charge >= 0.3 is 17.1 Å². The van der Waals surface area contributed by atoms with Gasteiger partial charge in [0.2, 0.25) is 0 Å². The van der Waals surface area contributed by atoms with Crippen LogP contribution < -0.4 is 0 Å². The van der Waals surface area contributed by atoms with E-state index in [9.17, 15) is 0 Å². The van der Waals surface area contributed by atoms with Crippen LogP contribution in [0.15, 0.2) is 0 Å². The average Bonchev–Trinajstić information content (AvgIpc) is 2.74. The van der Waals surface area contributed by atoms with Crippen molar-refractivity contribution in [3.05, 3.63) is 0 Å². The highest BCUT2D eigenvalue weighted by atomic mass is 32.1. The van der Waals surface area contributed by atoms with Crippen LogP contribution in [-0.4, -0.2) is 39.5 Å². The van der Waals surface area contributed by atoms with Crippen LogP contribution in [0.25, 0.3) is 0 Å². The summed E-state index contributed by atoms with van der Waals surface area (Å²) >= 11 is 4.48. The first-order valence-electron chi connectivity index (χ1n) is 16.0. The van der Waals surface area contributed by atoms with E-state index < -0.39 is 33.8 Å². The summed E-state index contributed by atoms with van der Waals surface area (Å²) in [5.74, 6) is 0.896. The summed E-state index contributed by atoms with van der Waals surface area (Å²) in [5.41, 5.74) is 0. The van der Waals surface area contributed by atoms with Crippen LogP contribution in [0.4, 0.5) is 0 Å². The van der Waals surface area contributed by atoms with E-state index in [0.29, 0.717) is 0 Å². The predicted octanol–water partition coefficient (Wildman–Crippen LogP) is 11.4. The lowest BCUT2D eigenvalue weighted by molar-refractivity contribution is 0.314. The minimum absolute atomic E-state index is 0.896. The summed E-state index contributed by atoms with van der Waals surface area (Å²) in [6, 6.07) is 2.13. The van der Waals surface area contributed by atoms with Crippen molar-refractivity contribution >= 4 is 46.4 Å². The monoisotopic (exact) mass is 608 g/mol. The van der Waals surface area contributed by atoms with E-state index in [1.807, 2.05) is 0 Å². The van der Waals surface area contributed by atoms with E-state index in [4.69, 9.17) is 12.3 Å². The van der Waals surface area contributed by atoms with Gasteiger partial charge in [0.05, 0.1) is 0 Å². The molecular formula is C29H68O3SSi4. The Balaban J connectivity index is 4.31. The molecule has 0 spiro atoms. The first-order valence-corrected chi connectivity index (χ1v) is 28.5. The van der Waals surface area contributed by atoms with Gasteiger partial charge in [0.25, 0.3) is 0 Å². The van der Waals surface area contributed by atoms with Crippen molar-refractivity contribution in [1.29, 1.82) is 0 Å². The number of thiol groups is 1. The van der Waals surface area contributed by atoms with Gasteiger partial charge in [-0.15, -0.1) is 0 Å². The molecule has 3 nitrogen and oxygen atoms in total. The van der Waals surface area contributed by atoms with Crippen LogP contribution in [-0.2, 0) is 12.3 Å². The first kappa shape index (κ1) is 38.1. The Labute approximate surface area is 244 Å². The third-order valence-electron chi connectivity index (χ3n) is 6.75. The van der Waals surface area contributed by atoms with E-state index in [1.165, 1.54) is 103 Å². The number of hydrogen-bond acceptors (Lipinski definition) is 4. The van der Waals surface area contributed by atoms with Gasteiger partial charge in [0.1, 0.15) is 0 Å². The SMILES string of the molecule is CCCCCCCCCCCCCCCCCC[Si](C)(O[Si](C)(C)C)O[Si](C)(CCCS)O[Si](C)(C)C. The molecule has 2 atom stereocenters. The van der Waals surface area contributed by atoms with Crippen LogP contribution in [0.2, 0.25) is 64.5 Å². The molecule has 0 heterocycles. The van der Waals surface area contributed by atoms with E-state index in [-0.39, 0.29) is 0 Å². The molecule has 0 saturated heterocycles. The molecule has 0 aromatic heterocycles. The molecule has 0 aliphatic carbocycles. The normalized spacial score (nSPS) is 16.1. The molecule has 0 N–H and O–H groups in total. The van der Waals surface area contributed by atoms with Crippen LogP contribution >= 0.6 is 12.6 Å². The van der Waals surface area contributed by atoms with Crippen molar-refractivity contribution in [2.45, 2.75) is 181 Å². The molecule has 37 heavy (non-hydrogen) atoms. The molecule has 2 unspecified atom stereocenters. The second-order valence-corrected chi connectivity index (χ2v) is 30.6. The highest BCUT2D eigenvalue weighted by Gasteiger charge is 2.46. The first-order chi connectivity index (χ1) is 17.2. The van der Waals surface area contributed by atoms with Crippen LogP contribution in [0.1, 0.15) is 116 Å². The predicted molar refractivity (Wildman–Crippen MR) is 181 cm³/mol.